The number of rotatable bonds is 2. The molecule has 0 saturated carbocycles. The van der Waals surface area contributed by atoms with Gasteiger partial charge in [0.05, 0.1) is 12.7 Å². The highest BCUT2D eigenvalue weighted by Gasteiger charge is 2.22. The first kappa shape index (κ1) is 11.4. The lowest BCUT2D eigenvalue weighted by Crippen LogP contribution is -2.47. The summed E-state index contributed by atoms with van der Waals surface area (Å²) in [5.41, 5.74) is 0. The van der Waals surface area contributed by atoms with Crippen molar-refractivity contribution in [1.82, 2.24) is 9.80 Å². The van der Waals surface area contributed by atoms with E-state index in [1.165, 1.54) is 25.9 Å². The van der Waals surface area contributed by atoms with E-state index in [4.69, 9.17) is 4.74 Å². The van der Waals surface area contributed by atoms with Crippen molar-refractivity contribution >= 4 is 0 Å². The molecule has 2 saturated heterocycles. The zero-order valence-electron chi connectivity index (χ0n) is 10.1. The van der Waals surface area contributed by atoms with E-state index in [0.717, 1.165) is 32.2 Å². The predicted molar refractivity (Wildman–Crippen MR) is 62.1 cm³/mol. The van der Waals surface area contributed by atoms with Gasteiger partial charge in [-0.2, -0.15) is 0 Å². The lowest BCUT2D eigenvalue weighted by atomic mass is 9.99. The normalized spacial score (nSPS) is 32.0. The molecule has 0 aromatic rings. The van der Waals surface area contributed by atoms with Gasteiger partial charge in [-0.15, -0.1) is 0 Å². The van der Waals surface area contributed by atoms with Gasteiger partial charge >= 0.3 is 0 Å². The Morgan fingerprint density at radius 3 is 2.60 bits per heavy atom. The fraction of sp³-hybridized carbons (Fsp3) is 1.00. The summed E-state index contributed by atoms with van der Waals surface area (Å²) in [4.78, 5) is 4.95. The van der Waals surface area contributed by atoms with Gasteiger partial charge in [0, 0.05) is 19.6 Å². The summed E-state index contributed by atoms with van der Waals surface area (Å²) >= 11 is 0. The molecule has 0 unspecified atom stereocenters. The summed E-state index contributed by atoms with van der Waals surface area (Å²) in [5, 5.41) is 0. The summed E-state index contributed by atoms with van der Waals surface area (Å²) in [5.74, 6) is 0.927. The zero-order valence-corrected chi connectivity index (χ0v) is 10.1. The highest BCUT2D eigenvalue weighted by Crippen LogP contribution is 2.17. The average Bonchev–Trinajstić information content (AvgIpc) is 2.22. The lowest BCUT2D eigenvalue weighted by Gasteiger charge is -2.36. The molecular formula is C12H24N2O. The van der Waals surface area contributed by atoms with Crippen molar-refractivity contribution in [1.29, 1.82) is 0 Å². The van der Waals surface area contributed by atoms with Crippen LogP contribution in [0.4, 0.5) is 0 Å². The molecule has 0 spiro atoms. The second-order valence-electron chi connectivity index (χ2n) is 5.24. The summed E-state index contributed by atoms with van der Waals surface area (Å²) in [6, 6.07) is 0. The molecular weight excluding hydrogens is 188 g/mol. The molecule has 88 valence electrons. The number of hydrogen-bond acceptors (Lipinski definition) is 3. The molecule has 15 heavy (non-hydrogen) atoms. The minimum Gasteiger partial charge on any atom is -0.374 e. The van der Waals surface area contributed by atoms with Crippen LogP contribution in [0.5, 0.6) is 0 Å². The Morgan fingerprint density at radius 1 is 1.20 bits per heavy atom. The van der Waals surface area contributed by atoms with E-state index in [9.17, 15) is 0 Å². The summed E-state index contributed by atoms with van der Waals surface area (Å²) < 4.78 is 5.79. The maximum Gasteiger partial charge on any atom is 0.0829 e. The molecule has 2 aliphatic heterocycles. The summed E-state index contributed by atoms with van der Waals surface area (Å²) in [6.07, 6.45) is 3.17. The van der Waals surface area contributed by atoms with Crippen molar-refractivity contribution < 1.29 is 4.74 Å². The Bertz CT molecular complexity index is 190. The third-order valence-electron chi connectivity index (χ3n) is 3.68. The maximum absolute atomic E-state index is 5.79. The number of morpholine rings is 1. The van der Waals surface area contributed by atoms with Crippen molar-refractivity contribution in [3.05, 3.63) is 0 Å². The molecule has 0 amide bonds. The number of nitrogens with zero attached hydrogens (tertiary/aromatic N) is 2. The van der Waals surface area contributed by atoms with Crippen LogP contribution >= 0.6 is 0 Å². The van der Waals surface area contributed by atoms with Gasteiger partial charge in [-0.25, -0.2) is 0 Å². The van der Waals surface area contributed by atoms with Gasteiger partial charge in [-0.05, 0) is 38.9 Å². The van der Waals surface area contributed by atoms with Crippen molar-refractivity contribution in [3.63, 3.8) is 0 Å². The molecule has 0 bridgehead atoms. The molecule has 0 aliphatic carbocycles. The molecule has 2 fully saturated rings. The summed E-state index contributed by atoms with van der Waals surface area (Å²) in [6.45, 7) is 9.14. The largest absolute Gasteiger partial charge is 0.374 e. The third-order valence-corrected chi connectivity index (χ3v) is 3.68. The van der Waals surface area contributed by atoms with Crippen LogP contribution in [0, 0.1) is 5.92 Å². The van der Waals surface area contributed by atoms with E-state index in [1.807, 2.05) is 0 Å². The number of ether oxygens (including phenoxy) is 1. The first-order valence-corrected chi connectivity index (χ1v) is 6.26. The van der Waals surface area contributed by atoms with Gasteiger partial charge in [0.25, 0.3) is 0 Å². The Balaban J connectivity index is 1.71. The van der Waals surface area contributed by atoms with Gasteiger partial charge in [0.1, 0.15) is 0 Å². The van der Waals surface area contributed by atoms with Crippen molar-refractivity contribution in [2.45, 2.75) is 25.9 Å². The van der Waals surface area contributed by atoms with Crippen molar-refractivity contribution in [3.8, 4) is 0 Å². The van der Waals surface area contributed by atoms with Gasteiger partial charge in [-0.1, -0.05) is 6.92 Å². The van der Waals surface area contributed by atoms with E-state index in [1.54, 1.807) is 0 Å². The quantitative estimate of drug-likeness (QED) is 0.680. The van der Waals surface area contributed by atoms with Crippen LogP contribution < -0.4 is 0 Å². The molecule has 2 rings (SSSR count). The molecule has 0 aromatic carbocycles. The molecule has 2 aliphatic rings. The Labute approximate surface area is 93.4 Å². The second-order valence-corrected chi connectivity index (χ2v) is 5.24. The van der Waals surface area contributed by atoms with E-state index >= 15 is 0 Å². The number of likely N-dealkylation sites (N-methyl/N-ethyl adjacent to an activating group) is 1. The number of likely N-dealkylation sites (tertiary alicyclic amines) is 1. The average molecular weight is 212 g/mol. The number of piperidine rings is 1. The molecule has 0 radical (unpaired) electrons. The van der Waals surface area contributed by atoms with Crippen LogP contribution in [0.1, 0.15) is 19.8 Å². The van der Waals surface area contributed by atoms with Crippen LogP contribution in [-0.4, -0.2) is 62.3 Å². The Hall–Kier alpha value is -0.120. The molecule has 1 atom stereocenters. The zero-order chi connectivity index (χ0) is 10.7. The molecule has 0 aromatic heterocycles. The van der Waals surface area contributed by atoms with E-state index in [0.29, 0.717) is 6.10 Å². The smallest absolute Gasteiger partial charge is 0.0829 e. The number of hydrogen-bond donors (Lipinski definition) is 0. The van der Waals surface area contributed by atoms with E-state index in [2.05, 4.69) is 23.8 Å². The Morgan fingerprint density at radius 2 is 1.93 bits per heavy atom. The van der Waals surface area contributed by atoms with Crippen molar-refractivity contribution in [2.24, 2.45) is 5.92 Å². The Kier molecular flexibility index (Phi) is 4.00. The first-order valence-electron chi connectivity index (χ1n) is 6.26. The van der Waals surface area contributed by atoms with Crippen molar-refractivity contribution in [2.75, 3.05) is 46.4 Å². The second kappa shape index (κ2) is 5.28. The molecule has 0 N–H and O–H groups in total. The van der Waals surface area contributed by atoms with Crippen LogP contribution in [0.15, 0.2) is 0 Å². The maximum atomic E-state index is 5.79. The van der Waals surface area contributed by atoms with Crippen LogP contribution in [-0.2, 0) is 4.74 Å². The predicted octanol–water partition coefficient (Wildman–Crippen LogP) is 1.05. The van der Waals surface area contributed by atoms with Crippen LogP contribution in [0.2, 0.25) is 0 Å². The lowest BCUT2D eigenvalue weighted by molar-refractivity contribution is -0.0390. The monoisotopic (exact) mass is 212 g/mol. The molecule has 3 nitrogen and oxygen atoms in total. The van der Waals surface area contributed by atoms with E-state index in [-0.39, 0.29) is 0 Å². The minimum atomic E-state index is 0.442. The standard InChI is InChI=1S/C12H24N2O/c1-11-3-5-14(6-4-11)10-12-9-13(2)7-8-15-12/h11-12H,3-10H2,1-2H3/t12-/m1/s1. The third kappa shape index (κ3) is 3.44. The first-order chi connectivity index (χ1) is 7.24. The van der Waals surface area contributed by atoms with E-state index < -0.39 is 0 Å². The SMILES string of the molecule is CC1CCN(C[C@H]2CN(C)CCO2)CC1. The summed E-state index contributed by atoms with van der Waals surface area (Å²) in [7, 11) is 2.19. The van der Waals surface area contributed by atoms with Crippen LogP contribution in [0.25, 0.3) is 0 Å². The highest BCUT2D eigenvalue weighted by atomic mass is 16.5. The van der Waals surface area contributed by atoms with Gasteiger partial charge in [0.15, 0.2) is 0 Å². The molecule has 2 heterocycles. The fourth-order valence-corrected chi connectivity index (χ4v) is 2.51. The minimum absolute atomic E-state index is 0.442. The van der Waals surface area contributed by atoms with Gasteiger partial charge in [0.2, 0.25) is 0 Å². The topological polar surface area (TPSA) is 15.7 Å². The highest BCUT2D eigenvalue weighted by molar-refractivity contribution is 4.76. The molecule has 3 heteroatoms. The van der Waals surface area contributed by atoms with Gasteiger partial charge in [-0.3, -0.25) is 0 Å². The van der Waals surface area contributed by atoms with Gasteiger partial charge < -0.3 is 14.5 Å². The van der Waals surface area contributed by atoms with Crippen LogP contribution in [0.3, 0.4) is 0 Å². The fourth-order valence-electron chi connectivity index (χ4n) is 2.51.